The van der Waals surface area contributed by atoms with Crippen LogP contribution in [0.25, 0.3) is 0 Å². The van der Waals surface area contributed by atoms with E-state index in [-0.39, 0.29) is 13.2 Å². The van der Waals surface area contributed by atoms with Gasteiger partial charge in [-0.05, 0) is 6.92 Å². The zero-order valence-corrected chi connectivity index (χ0v) is 12.3. The number of sulfonamides is 1. The maximum Gasteiger partial charge on any atom is 0.313 e. The van der Waals surface area contributed by atoms with Gasteiger partial charge >= 0.3 is 5.97 Å². The highest BCUT2D eigenvalue weighted by atomic mass is 32.2. The van der Waals surface area contributed by atoms with Crippen LogP contribution in [0.1, 0.15) is 6.92 Å². The standard InChI is InChI=1S/C9H17NO7S2/c1-9(8(11)12)6-17-5-7(9)10-19(15,16)4-3-18(2,13)14/h7,10H,3-6H2,1-2H3,(H,11,12). The van der Waals surface area contributed by atoms with Gasteiger partial charge in [-0.1, -0.05) is 0 Å². The van der Waals surface area contributed by atoms with Crippen LogP contribution in [0, 0.1) is 5.41 Å². The SMILES string of the molecule is CC1(C(=O)O)COCC1NS(=O)(=O)CCS(C)(=O)=O. The summed E-state index contributed by atoms with van der Waals surface area (Å²) < 4.78 is 52.5. The minimum absolute atomic E-state index is 0.0547. The third-order valence-electron chi connectivity index (χ3n) is 2.99. The van der Waals surface area contributed by atoms with Gasteiger partial charge in [-0.25, -0.2) is 21.6 Å². The van der Waals surface area contributed by atoms with Crippen LogP contribution in [0.4, 0.5) is 0 Å². The molecular formula is C9H17NO7S2. The summed E-state index contributed by atoms with van der Waals surface area (Å²) in [7, 11) is -7.28. The summed E-state index contributed by atoms with van der Waals surface area (Å²) >= 11 is 0. The highest BCUT2D eigenvalue weighted by Crippen LogP contribution is 2.29. The lowest BCUT2D eigenvalue weighted by atomic mass is 9.86. The van der Waals surface area contributed by atoms with Gasteiger partial charge in [0.1, 0.15) is 15.3 Å². The van der Waals surface area contributed by atoms with Crippen molar-refractivity contribution in [3.63, 3.8) is 0 Å². The van der Waals surface area contributed by atoms with Gasteiger partial charge < -0.3 is 9.84 Å². The van der Waals surface area contributed by atoms with E-state index in [0.717, 1.165) is 6.26 Å². The molecule has 1 rings (SSSR count). The average Bonchev–Trinajstić information content (AvgIpc) is 2.58. The van der Waals surface area contributed by atoms with Crippen molar-refractivity contribution in [3.05, 3.63) is 0 Å². The van der Waals surface area contributed by atoms with E-state index in [4.69, 9.17) is 9.84 Å². The summed E-state index contributed by atoms with van der Waals surface area (Å²) in [6.45, 7) is 1.23. The summed E-state index contributed by atoms with van der Waals surface area (Å²) in [4.78, 5) is 11.1. The highest BCUT2D eigenvalue weighted by Gasteiger charge is 2.48. The molecule has 1 fully saturated rings. The quantitative estimate of drug-likeness (QED) is 0.607. The van der Waals surface area contributed by atoms with Crippen molar-refractivity contribution in [1.29, 1.82) is 0 Å². The first kappa shape index (κ1) is 16.3. The minimum Gasteiger partial charge on any atom is -0.481 e. The summed E-state index contributed by atoms with van der Waals surface area (Å²) in [5, 5.41) is 9.09. The number of hydrogen-bond donors (Lipinski definition) is 2. The molecular weight excluding hydrogens is 298 g/mol. The lowest BCUT2D eigenvalue weighted by Gasteiger charge is -2.25. The predicted molar refractivity (Wildman–Crippen MR) is 67.0 cm³/mol. The Kier molecular flexibility index (Phi) is 4.60. The number of carboxylic acid groups (broad SMARTS) is 1. The Morgan fingerprint density at radius 1 is 1.37 bits per heavy atom. The monoisotopic (exact) mass is 315 g/mol. The Balaban J connectivity index is 2.76. The smallest absolute Gasteiger partial charge is 0.313 e. The lowest BCUT2D eigenvalue weighted by molar-refractivity contribution is -0.148. The van der Waals surface area contributed by atoms with Gasteiger partial charge in [0.15, 0.2) is 0 Å². The van der Waals surface area contributed by atoms with E-state index < -0.39 is 48.8 Å². The van der Waals surface area contributed by atoms with Crippen molar-refractivity contribution in [1.82, 2.24) is 4.72 Å². The molecule has 0 aromatic carbocycles. The summed E-state index contributed by atoms with van der Waals surface area (Å²) in [5.74, 6) is -2.28. The Morgan fingerprint density at radius 2 is 1.95 bits per heavy atom. The Morgan fingerprint density at radius 3 is 2.42 bits per heavy atom. The number of sulfone groups is 1. The molecule has 1 aliphatic rings. The van der Waals surface area contributed by atoms with Gasteiger partial charge in [0.05, 0.1) is 30.8 Å². The highest BCUT2D eigenvalue weighted by molar-refractivity contribution is 7.93. The van der Waals surface area contributed by atoms with E-state index >= 15 is 0 Å². The number of aliphatic carboxylic acids is 1. The fourth-order valence-corrected chi connectivity index (χ4v) is 4.55. The molecule has 2 atom stereocenters. The maximum atomic E-state index is 11.7. The number of ether oxygens (including phenoxy) is 1. The van der Waals surface area contributed by atoms with Gasteiger partial charge in [-0.3, -0.25) is 4.79 Å². The fraction of sp³-hybridized carbons (Fsp3) is 0.889. The first-order valence-electron chi connectivity index (χ1n) is 5.45. The first-order chi connectivity index (χ1) is 8.46. The van der Waals surface area contributed by atoms with Crippen LogP contribution < -0.4 is 4.72 Å². The normalized spacial score (nSPS) is 28.4. The molecule has 19 heavy (non-hydrogen) atoms. The van der Waals surface area contributed by atoms with Crippen molar-refractivity contribution in [2.45, 2.75) is 13.0 Å². The number of hydrogen-bond acceptors (Lipinski definition) is 6. The zero-order valence-electron chi connectivity index (χ0n) is 10.6. The fourth-order valence-electron chi connectivity index (χ4n) is 1.58. The van der Waals surface area contributed by atoms with Crippen LogP contribution in [0.15, 0.2) is 0 Å². The van der Waals surface area contributed by atoms with Crippen LogP contribution in [0.5, 0.6) is 0 Å². The second-order valence-electron chi connectivity index (χ2n) is 4.86. The summed E-state index contributed by atoms with van der Waals surface area (Å²) in [6.07, 6.45) is 0.933. The topological polar surface area (TPSA) is 127 Å². The van der Waals surface area contributed by atoms with E-state index in [0.29, 0.717) is 0 Å². The van der Waals surface area contributed by atoms with Crippen molar-refractivity contribution < 1.29 is 31.5 Å². The van der Waals surface area contributed by atoms with Gasteiger partial charge in [-0.2, -0.15) is 0 Å². The van der Waals surface area contributed by atoms with E-state index in [1.165, 1.54) is 6.92 Å². The van der Waals surface area contributed by atoms with Gasteiger partial charge in [0.2, 0.25) is 10.0 Å². The van der Waals surface area contributed by atoms with Gasteiger partial charge in [-0.15, -0.1) is 0 Å². The van der Waals surface area contributed by atoms with Gasteiger partial charge in [0, 0.05) is 6.26 Å². The molecule has 0 aromatic heterocycles. The Hall–Kier alpha value is -0.710. The van der Waals surface area contributed by atoms with Gasteiger partial charge in [0.25, 0.3) is 0 Å². The second kappa shape index (κ2) is 5.35. The third kappa shape index (κ3) is 4.41. The van der Waals surface area contributed by atoms with Crippen molar-refractivity contribution in [3.8, 4) is 0 Å². The number of nitrogens with one attached hydrogen (secondary N) is 1. The molecule has 0 amide bonds. The van der Waals surface area contributed by atoms with Crippen LogP contribution >= 0.6 is 0 Å². The molecule has 0 spiro atoms. The van der Waals surface area contributed by atoms with Crippen LogP contribution in [-0.2, 0) is 29.4 Å². The third-order valence-corrected chi connectivity index (χ3v) is 5.58. The molecule has 1 saturated heterocycles. The molecule has 0 bridgehead atoms. The molecule has 1 aliphatic heterocycles. The maximum absolute atomic E-state index is 11.7. The molecule has 112 valence electrons. The number of carbonyl (C=O) groups is 1. The number of rotatable bonds is 6. The van der Waals surface area contributed by atoms with Crippen LogP contribution in [0.2, 0.25) is 0 Å². The van der Waals surface area contributed by atoms with Crippen molar-refractivity contribution in [2.75, 3.05) is 31.0 Å². The molecule has 10 heteroatoms. The molecule has 2 unspecified atom stereocenters. The van der Waals surface area contributed by atoms with E-state index in [1.54, 1.807) is 0 Å². The minimum atomic E-state index is -3.88. The molecule has 0 aromatic rings. The molecule has 0 radical (unpaired) electrons. The molecule has 1 heterocycles. The molecule has 0 saturated carbocycles. The average molecular weight is 315 g/mol. The zero-order chi connectivity index (χ0) is 14.9. The second-order valence-corrected chi connectivity index (χ2v) is 8.99. The van der Waals surface area contributed by atoms with Crippen molar-refractivity contribution >= 4 is 25.8 Å². The van der Waals surface area contributed by atoms with Crippen LogP contribution in [-0.4, -0.2) is 64.9 Å². The molecule has 0 aliphatic carbocycles. The predicted octanol–water partition coefficient (Wildman–Crippen LogP) is -1.56. The van der Waals surface area contributed by atoms with Crippen molar-refractivity contribution in [2.24, 2.45) is 5.41 Å². The van der Waals surface area contributed by atoms with E-state index in [9.17, 15) is 21.6 Å². The summed E-state index contributed by atoms with van der Waals surface area (Å²) in [5.41, 5.74) is -1.35. The van der Waals surface area contributed by atoms with Crippen LogP contribution in [0.3, 0.4) is 0 Å². The number of carboxylic acids is 1. The van der Waals surface area contributed by atoms with E-state index in [2.05, 4.69) is 4.72 Å². The Labute approximate surface area is 112 Å². The van der Waals surface area contributed by atoms with E-state index in [1.807, 2.05) is 0 Å². The lowest BCUT2D eigenvalue weighted by Crippen LogP contribution is -2.50. The largest absolute Gasteiger partial charge is 0.481 e. The molecule has 8 nitrogen and oxygen atoms in total. The first-order valence-corrected chi connectivity index (χ1v) is 9.16. The Bertz CT molecular complexity index is 553. The molecule has 2 N–H and O–H groups in total. The summed E-state index contributed by atoms with van der Waals surface area (Å²) in [6, 6.07) is -0.908.